The lowest BCUT2D eigenvalue weighted by molar-refractivity contribution is -0.192. The molecular formula is C15H20NO2. The lowest BCUT2D eigenvalue weighted by Gasteiger charge is -2.31. The Labute approximate surface area is 108 Å². The maximum atomic E-state index is 6.20. The van der Waals surface area contributed by atoms with E-state index in [1.54, 1.807) is 0 Å². The van der Waals surface area contributed by atoms with E-state index in [2.05, 4.69) is 6.92 Å². The third-order valence-electron chi connectivity index (χ3n) is 3.96. The van der Waals surface area contributed by atoms with Crippen LogP contribution in [0.4, 0.5) is 5.69 Å². The summed E-state index contributed by atoms with van der Waals surface area (Å²) in [6.07, 6.45) is 5.25. The molecule has 0 bridgehead atoms. The third-order valence-corrected chi connectivity index (χ3v) is 3.96. The van der Waals surface area contributed by atoms with Crippen LogP contribution in [0.3, 0.4) is 0 Å². The summed E-state index contributed by atoms with van der Waals surface area (Å²) in [7, 11) is 0. The summed E-state index contributed by atoms with van der Waals surface area (Å²) in [5.74, 6) is -0.405. The number of ether oxygens (including phenoxy) is 2. The van der Waals surface area contributed by atoms with Crippen LogP contribution in [0.2, 0.25) is 0 Å². The molecule has 2 atom stereocenters. The fourth-order valence-electron chi connectivity index (χ4n) is 3.03. The van der Waals surface area contributed by atoms with Crippen molar-refractivity contribution in [3.63, 3.8) is 0 Å². The molecule has 1 saturated heterocycles. The number of nitrogen functional groups attached to an aromatic ring is 1. The number of benzene rings is 1. The van der Waals surface area contributed by atoms with Crippen LogP contribution in [0.5, 0.6) is 0 Å². The van der Waals surface area contributed by atoms with Gasteiger partial charge in [-0.25, -0.2) is 0 Å². The zero-order valence-corrected chi connectivity index (χ0v) is 10.6. The van der Waals surface area contributed by atoms with Crippen molar-refractivity contribution in [1.29, 1.82) is 0 Å². The van der Waals surface area contributed by atoms with Gasteiger partial charge in [0.05, 0.1) is 6.10 Å². The highest BCUT2D eigenvalue weighted by Crippen LogP contribution is 2.46. The molecule has 3 heteroatoms. The summed E-state index contributed by atoms with van der Waals surface area (Å²) in [6.45, 7) is 4.08. The number of para-hydroxylation sites is 1. The molecule has 2 fully saturated rings. The van der Waals surface area contributed by atoms with Crippen molar-refractivity contribution in [2.45, 2.75) is 50.1 Å². The molecule has 3 nitrogen and oxygen atoms in total. The maximum Gasteiger partial charge on any atom is 0.169 e. The van der Waals surface area contributed by atoms with Gasteiger partial charge in [-0.2, -0.15) is 0 Å². The number of nitrogens with two attached hydrogens (primary N) is 1. The first kappa shape index (κ1) is 12.0. The molecule has 0 unspecified atom stereocenters. The minimum Gasteiger partial charge on any atom is -0.398 e. The molecule has 1 spiro atoms. The number of hydrogen-bond acceptors (Lipinski definition) is 3. The standard InChI is InChI=1S/C15H20NO2/c1-11-14(12-7-3-4-8-13(12)16)18-15(17-11)9-5-2-6-10-15/h3-4,7-8,11,14H,1-2,5-6,9-10,16H2/t11-,14+/m1/s1. The molecule has 1 aromatic carbocycles. The molecule has 1 aliphatic heterocycles. The first-order chi connectivity index (χ1) is 8.70. The SMILES string of the molecule is [CH2][C@H]1OC2(CCCCC2)O[C@@H]1c1ccccc1N. The average Bonchev–Trinajstić information content (AvgIpc) is 2.67. The van der Waals surface area contributed by atoms with Gasteiger partial charge in [0, 0.05) is 24.1 Å². The van der Waals surface area contributed by atoms with Gasteiger partial charge in [-0.15, -0.1) is 0 Å². The lowest BCUT2D eigenvalue weighted by Crippen LogP contribution is -2.33. The third kappa shape index (κ3) is 2.02. The second-order valence-electron chi connectivity index (χ2n) is 5.30. The smallest absolute Gasteiger partial charge is 0.169 e. The first-order valence-electron chi connectivity index (χ1n) is 6.73. The second kappa shape index (κ2) is 4.56. The van der Waals surface area contributed by atoms with Gasteiger partial charge in [0.2, 0.25) is 0 Å². The fourth-order valence-corrected chi connectivity index (χ4v) is 3.03. The van der Waals surface area contributed by atoms with Crippen molar-refractivity contribution >= 4 is 5.69 Å². The van der Waals surface area contributed by atoms with Gasteiger partial charge in [0.15, 0.2) is 5.79 Å². The summed E-state index contributed by atoms with van der Waals surface area (Å²) < 4.78 is 12.2. The Kier molecular flexibility index (Phi) is 3.04. The Hall–Kier alpha value is -1.06. The Balaban J connectivity index is 1.84. The van der Waals surface area contributed by atoms with E-state index in [0.717, 1.165) is 24.1 Å². The zero-order valence-electron chi connectivity index (χ0n) is 10.6. The summed E-state index contributed by atoms with van der Waals surface area (Å²) in [6, 6.07) is 7.82. The molecule has 0 amide bonds. The fraction of sp³-hybridized carbons (Fsp3) is 0.533. The van der Waals surface area contributed by atoms with Gasteiger partial charge in [-0.1, -0.05) is 24.6 Å². The largest absolute Gasteiger partial charge is 0.398 e. The van der Waals surface area contributed by atoms with Gasteiger partial charge in [0.25, 0.3) is 0 Å². The molecular weight excluding hydrogens is 226 g/mol. The molecule has 2 N–H and O–H groups in total. The minimum atomic E-state index is -0.405. The van der Waals surface area contributed by atoms with E-state index in [0.29, 0.717) is 0 Å². The van der Waals surface area contributed by atoms with E-state index in [4.69, 9.17) is 15.2 Å². The predicted octanol–water partition coefficient (Wildman–Crippen LogP) is 3.22. The van der Waals surface area contributed by atoms with E-state index in [9.17, 15) is 0 Å². The Bertz CT molecular complexity index is 426. The van der Waals surface area contributed by atoms with Crippen molar-refractivity contribution in [2.24, 2.45) is 0 Å². The first-order valence-corrected chi connectivity index (χ1v) is 6.73. The monoisotopic (exact) mass is 246 g/mol. The Morgan fingerprint density at radius 1 is 1.11 bits per heavy atom. The highest BCUT2D eigenvalue weighted by Gasteiger charge is 2.47. The molecule has 18 heavy (non-hydrogen) atoms. The summed E-state index contributed by atoms with van der Waals surface area (Å²) >= 11 is 0. The number of anilines is 1. The van der Waals surface area contributed by atoms with Crippen molar-refractivity contribution in [2.75, 3.05) is 5.73 Å². The maximum absolute atomic E-state index is 6.20. The molecule has 0 aromatic heterocycles. The highest BCUT2D eigenvalue weighted by molar-refractivity contribution is 5.48. The van der Waals surface area contributed by atoms with Gasteiger partial charge in [-0.05, 0) is 25.8 Å². The Morgan fingerprint density at radius 2 is 1.83 bits per heavy atom. The average molecular weight is 246 g/mol. The van der Waals surface area contributed by atoms with Crippen LogP contribution < -0.4 is 5.73 Å². The molecule has 1 saturated carbocycles. The molecule has 1 heterocycles. The Morgan fingerprint density at radius 3 is 2.56 bits per heavy atom. The van der Waals surface area contributed by atoms with Gasteiger partial charge < -0.3 is 15.2 Å². The van der Waals surface area contributed by atoms with Crippen LogP contribution in [-0.4, -0.2) is 11.9 Å². The van der Waals surface area contributed by atoms with Gasteiger partial charge in [0.1, 0.15) is 6.10 Å². The summed E-state index contributed by atoms with van der Waals surface area (Å²) in [4.78, 5) is 0. The van der Waals surface area contributed by atoms with Crippen LogP contribution in [0.15, 0.2) is 24.3 Å². The molecule has 97 valence electrons. The van der Waals surface area contributed by atoms with E-state index in [-0.39, 0.29) is 12.2 Å². The van der Waals surface area contributed by atoms with E-state index < -0.39 is 5.79 Å². The molecule has 1 aliphatic carbocycles. The van der Waals surface area contributed by atoms with E-state index in [1.807, 2.05) is 24.3 Å². The number of rotatable bonds is 1. The topological polar surface area (TPSA) is 44.5 Å². The molecule has 3 rings (SSSR count). The van der Waals surface area contributed by atoms with Crippen LogP contribution in [-0.2, 0) is 9.47 Å². The summed E-state index contributed by atoms with van der Waals surface area (Å²) in [5.41, 5.74) is 7.77. The molecule has 2 aliphatic rings. The molecule has 1 aromatic rings. The van der Waals surface area contributed by atoms with Crippen LogP contribution in [0, 0.1) is 6.92 Å². The van der Waals surface area contributed by atoms with Crippen molar-refractivity contribution in [3.8, 4) is 0 Å². The van der Waals surface area contributed by atoms with Crippen molar-refractivity contribution < 1.29 is 9.47 Å². The summed E-state index contributed by atoms with van der Waals surface area (Å²) in [5, 5.41) is 0. The van der Waals surface area contributed by atoms with Crippen LogP contribution in [0.25, 0.3) is 0 Å². The minimum absolute atomic E-state index is 0.135. The number of hydrogen-bond donors (Lipinski definition) is 1. The van der Waals surface area contributed by atoms with Gasteiger partial charge in [-0.3, -0.25) is 0 Å². The van der Waals surface area contributed by atoms with Crippen LogP contribution >= 0.6 is 0 Å². The van der Waals surface area contributed by atoms with Crippen LogP contribution in [0.1, 0.15) is 43.8 Å². The lowest BCUT2D eigenvalue weighted by atomic mass is 9.94. The molecule has 1 radical (unpaired) electrons. The van der Waals surface area contributed by atoms with E-state index >= 15 is 0 Å². The highest BCUT2D eigenvalue weighted by atomic mass is 16.8. The second-order valence-corrected chi connectivity index (χ2v) is 5.30. The van der Waals surface area contributed by atoms with Crippen molar-refractivity contribution in [3.05, 3.63) is 36.8 Å². The zero-order chi connectivity index (χ0) is 12.6. The van der Waals surface area contributed by atoms with E-state index in [1.165, 1.54) is 19.3 Å². The normalized spacial score (nSPS) is 30.7. The predicted molar refractivity (Wildman–Crippen MR) is 70.7 cm³/mol. The van der Waals surface area contributed by atoms with Crippen molar-refractivity contribution in [1.82, 2.24) is 0 Å². The van der Waals surface area contributed by atoms with Gasteiger partial charge >= 0.3 is 0 Å². The quantitative estimate of drug-likeness (QED) is 0.774.